The fourth-order valence-corrected chi connectivity index (χ4v) is 2.06. The molecule has 98 valence electrons. The van der Waals surface area contributed by atoms with Crippen LogP contribution < -0.4 is 11.1 Å². The Balaban J connectivity index is 1.94. The van der Waals surface area contributed by atoms with Gasteiger partial charge in [-0.1, -0.05) is 37.3 Å². The van der Waals surface area contributed by atoms with Crippen LogP contribution in [0.2, 0.25) is 0 Å². The van der Waals surface area contributed by atoms with Crippen molar-refractivity contribution < 1.29 is 9.53 Å². The van der Waals surface area contributed by atoms with E-state index < -0.39 is 0 Å². The number of nitrogens with one attached hydrogen (secondary N) is 1. The molecule has 1 aliphatic heterocycles. The number of amides is 1. The Bertz CT molecular complexity index is 402. The fraction of sp³-hybridized carbons (Fsp3) is 0.500. The van der Waals surface area contributed by atoms with E-state index in [1.165, 1.54) is 0 Å². The van der Waals surface area contributed by atoms with Crippen LogP contribution in [0.4, 0.5) is 0 Å². The fourth-order valence-electron chi connectivity index (χ4n) is 2.06. The van der Waals surface area contributed by atoms with Crippen molar-refractivity contribution in [3.63, 3.8) is 0 Å². The summed E-state index contributed by atoms with van der Waals surface area (Å²) >= 11 is 0. The van der Waals surface area contributed by atoms with E-state index in [0.717, 1.165) is 5.56 Å². The lowest BCUT2D eigenvalue weighted by molar-refractivity contribution is -0.127. The van der Waals surface area contributed by atoms with Crippen LogP contribution in [-0.2, 0) is 9.53 Å². The first-order valence-electron chi connectivity index (χ1n) is 6.25. The van der Waals surface area contributed by atoms with Gasteiger partial charge in [-0.25, -0.2) is 0 Å². The second kappa shape index (κ2) is 5.50. The van der Waals surface area contributed by atoms with Gasteiger partial charge in [0.05, 0.1) is 19.1 Å². The Labute approximate surface area is 108 Å². The van der Waals surface area contributed by atoms with E-state index in [-0.39, 0.29) is 17.2 Å². The molecule has 3 N–H and O–H groups in total. The number of benzene rings is 1. The van der Waals surface area contributed by atoms with E-state index in [9.17, 15) is 4.79 Å². The van der Waals surface area contributed by atoms with E-state index >= 15 is 0 Å². The van der Waals surface area contributed by atoms with Crippen molar-refractivity contribution in [2.75, 3.05) is 26.3 Å². The van der Waals surface area contributed by atoms with Crippen LogP contribution in [0, 0.1) is 5.41 Å². The number of nitrogens with two attached hydrogens (primary N) is 1. The van der Waals surface area contributed by atoms with Crippen LogP contribution in [0.3, 0.4) is 0 Å². The molecule has 2 rings (SSSR count). The number of hydrogen-bond acceptors (Lipinski definition) is 3. The molecule has 1 heterocycles. The molecular formula is C14H20N2O2. The maximum atomic E-state index is 12.1. The molecule has 0 radical (unpaired) electrons. The van der Waals surface area contributed by atoms with Gasteiger partial charge in [0.2, 0.25) is 5.91 Å². The van der Waals surface area contributed by atoms with Crippen LogP contribution in [-0.4, -0.2) is 32.2 Å². The third-order valence-corrected chi connectivity index (χ3v) is 3.34. The van der Waals surface area contributed by atoms with Gasteiger partial charge < -0.3 is 15.8 Å². The molecule has 1 aromatic rings. The van der Waals surface area contributed by atoms with Gasteiger partial charge in [-0.2, -0.15) is 0 Å². The first-order chi connectivity index (χ1) is 8.64. The Morgan fingerprint density at radius 2 is 2.11 bits per heavy atom. The van der Waals surface area contributed by atoms with Crippen molar-refractivity contribution in [2.24, 2.45) is 11.1 Å². The molecule has 1 saturated heterocycles. The Morgan fingerprint density at radius 1 is 1.44 bits per heavy atom. The summed E-state index contributed by atoms with van der Waals surface area (Å²) in [6, 6.07) is 9.65. The third kappa shape index (κ3) is 2.89. The summed E-state index contributed by atoms with van der Waals surface area (Å²) in [5.74, 6) is -0.271. The van der Waals surface area contributed by atoms with Gasteiger partial charge in [0, 0.05) is 18.5 Å². The molecule has 0 aromatic heterocycles. The maximum absolute atomic E-state index is 12.1. The van der Waals surface area contributed by atoms with Crippen molar-refractivity contribution in [2.45, 2.75) is 12.8 Å². The van der Waals surface area contributed by atoms with Crippen molar-refractivity contribution in [1.82, 2.24) is 5.32 Å². The first kappa shape index (κ1) is 13.1. The number of hydrogen-bond donors (Lipinski definition) is 2. The van der Waals surface area contributed by atoms with E-state index in [2.05, 4.69) is 12.2 Å². The van der Waals surface area contributed by atoms with E-state index in [4.69, 9.17) is 10.5 Å². The van der Waals surface area contributed by atoms with E-state index in [1.807, 2.05) is 30.3 Å². The largest absolute Gasteiger partial charge is 0.380 e. The Hall–Kier alpha value is -1.39. The normalized spacial score (nSPS) is 18.8. The molecule has 1 unspecified atom stereocenters. The zero-order valence-electron chi connectivity index (χ0n) is 10.7. The highest BCUT2D eigenvalue weighted by atomic mass is 16.5. The van der Waals surface area contributed by atoms with Crippen LogP contribution in [0.5, 0.6) is 0 Å². The average molecular weight is 248 g/mol. The third-order valence-electron chi connectivity index (χ3n) is 3.34. The summed E-state index contributed by atoms with van der Waals surface area (Å²) in [6.45, 7) is 4.51. The molecule has 1 amide bonds. The van der Waals surface area contributed by atoms with Crippen LogP contribution in [0.15, 0.2) is 30.3 Å². The summed E-state index contributed by atoms with van der Waals surface area (Å²) in [5.41, 5.74) is 6.76. The zero-order valence-corrected chi connectivity index (χ0v) is 10.7. The molecule has 0 spiro atoms. The smallest absolute Gasteiger partial charge is 0.228 e. The standard InChI is InChI=1S/C14H20N2O2/c1-14(9-18-10-14)8-16-13(17)12(7-15)11-5-3-2-4-6-11/h2-6,12H,7-10,15H2,1H3,(H,16,17). The minimum absolute atomic E-state index is 0.00294. The number of rotatable bonds is 5. The number of ether oxygens (including phenoxy) is 1. The molecule has 1 atom stereocenters. The van der Waals surface area contributed by atoms with Crippen LogP contribution in [0.1, 0.15) is 18.4 Å². The number of carbonyl (C=O) groups excluding carboxylic acids is 1. The first-order valence-corrected chi connectivity index (χ1v) is 6.25. The van der Waals surface area contributed by atoms with Gasteiger partial charge >= 0.3 is 0 Å². The summed E-state index contributed by atoms with van der Waals surface area (Å²) in [6.07, 6.45) is 0. The highest BCUT2D eigenvalue weighted by Gasteiger charge is 2.34. The summed E-state index contributed by atoms with van der Waals surface area (Å²) < 4.78 is 5.17. The molecule has 4 heteroatoms. The minimum Gasteiger partial charge on any atom is -0.380 e. The summed E-state index contributed by atoms with van der Waals surface area (Å²) in [4.78, 5) is 12.1. The molecule has 1 fully saturated rings. The van der Waals surface area contributed by atoms with E-state index in [1.54, 1.807) is 0 Å². The van der Waals surface area contributed by atoms with Crippen molar-refractivity contribution in [3.8, 4) is 0 Å². The molecule has 4 nitrogen and oxygen atoms in total. The van der Waals surface area contributed by atoms with Crippen LogP contribution >= 0.6 is 0 Å². The van der Waals surface area contributed by atoms with Gasteiger partial charge in [-0.05, 0) is 5.56 Å². The topological polar surface area (TPSA) is 64.4 Å². The zero-order chi connectivity index (χ0) is 13.0. The van der Waals surface area contributed by atoms with Crippen molar-refractivity contribution in [3.05, 3.63) is 35.9 Å². The van der Waals surface area contributed by atoms with Gasteiger partial charge in [-0.3, -0.25) is 4.79 Å². The molecule has 18 heavy (non-hydrogen) atoms. The number of carbonyl (C=O) groups is 1. The summed E-state index contributed by atoms with van der Waals surface area (Å²) in [5, 5.41) is 2.98. The lowest BCUT2D eigenvalue weighted by atomic mass is 9.88. The quantitative estimate of drug-likeness (QED) is 0.813. The van der Waals surface area contributed by atoms with Crippen molar-refractivity contribution >= 4 is 5.91 Å². The van der Waals surface area contributed by atoms with Gasteiger partial charge in [-0.15, -0.1) is 0 Å². The average Bonchev–Trinajstić information content (AvgIpc) is 2.36. The monoisotopic (exact) mass is 248 g/mol. The van der Waals surface area contributed by atoms with Gasteiger partial charge in [0.15, 0.2) is 0 Å². The Kier molecular flexibility index (Phi) is 3.99. The van der Waals surface area contributed by atoms with Crippen molar-refractivity contribution in [1.29, 1.82) is 0 Å². The van der Waals surface area contributed by atoms with Crippen LogP contribution in [0.25, 0.3) is 0 Å². The molecular weight excluding hydrogens is 228 g/mol. The second-order valence-corrected chi connectivity index (χ2v) is 5.22. The summed E-state index contributed by atoms with van der Waals surface area (Å²) in [7, 11) is 0. The lowest BCUT2D eigenvalue weighted by Crippen LogP contribution is -2.49. The molecule has 1 aliphatic rings. The molecule has 1 aromatic carbocycles. The van der Waals surface area contributed by atoms with Gasteiger partial charge in [0.1, 0.15) is 0 Å². The molecule has 0 bridgehead atoms. The predicted molar refractivity (Wildman–Crippen MR) is 70.2 cm³/mol. The molecule has 0 saturated carbocycles. The highest BCUT2D eigenvalue weighted by Crippen LogP contribution is 2.25. The minimum atomic E-state index is -0.268. The van der Waals surface area contributed by atoms with E-state index in [0.29, 0.717) is 26.3 Å². The lowest BCUT2D eigenvalue weighted by Gasteiger charge is -2.38. The SMILES string of the molecule is CC1(CNC(=O)C(CN)c2ccccc2)COC1. The predicted octanol–water partition coefficient (Wildman–Crippen LogP) is 0.882. The highest BCUT2D eigenvalue weighted by molar-refractivity contribution is 5.83. The molecule has 0 aliphatic carbocycles. The second-order valence-electron chi connectivity index (χ2n) is 5.22. The Morgan fingerprint density at radius 3 is 2.61 bits per heavy atom. The maximum Gasteiger partial charge on any atom is 0.228 e. The van der Waals surface area contributed by atoms with Gasteiger partial charge in [0.25, 0.3) is 0 Å².